The van der Waals surface area contributed by atoms with Gasteiger partial charge in [-0.1, -0.05) is 18.5 Å². The van der Waals surface area contributed by atoms with E-state index in [1.165, 1.54) is 28.0 Å². The van der Waals surface area contributed by atoms with Crippen LogP contribution in [0, 0.1) is 0 Å². The van der Waals surface area contributed by atoms with Crippen LogP contribution in [0.2, 0.25) is 5.02 Å². The second-order valence-electron chi connectivity index (χ2n) is 5.15. The summed E-state index contributed by atoms with van der Waals surface area (Å²) in [5.74, 6) is 0. The molecule has 0 bridgehead atoms. The smallest absolute Gasteiger partial charge is 0.316 e. The van der Waals surface area contributed by atoms with Crippen LogP contribution in [0.4, 0.5) is 0 Å². The highest BCUT2D eigenvalue weighted by molar-refractivity contribution is 7.91. The molecule has 0 spiro atoms. The monoisotopic (exact) mass is 373 g/mol. The molecule has 0 unspecified atom stereocenters. The molecule has 1 fully saturated rings. The van der Waals surface area contributed by atoms with Crippen LogP contribution in [0.3, 0.4) is 0 Å². The third-order valence-electron chi connectivity index (χ3n) is 3.56. The van der Waals surface area contributed by atoms with Gasteiger partial charge in [-0.2, -0.15) is 4.31 Å². The Balaban J connectivity index is 1.67. The van der Waals surface area contributed by atoms with Gasteiger partial charge in [-0.25, -0.2) is 18.4 Å². The highest BCUT2D eigenvalue weighted by Crippen LogP contribution is 2.28. The molecule has 0 saturated carbocycles. The molecule has 0 aromatic carbocycles. The summed E-state index contributed by atoms with van der Waals surface area (Å²) in [4.78, 5) is 9.00. The molecule has 9 heteroatoms. The molecule has 2 aromatic rings. The predicted molar refractivity (Wildman–Crippen MR) is 88.5 cm³/mol. The molecule has 6 nitrogen and oxygen atoms in total. The third-order valence-corrected chi connectivity index (χ3v) is 7.31. The summed E-state index contributed by atoms with van der Waals surface area (Å²) in [5, 5.41) is 0.428. The average Bonchev–Trinajstić information content (AvgIpc) is 3.19. The van der Waals surface area contributed by atoms with Gasteiger partial charge in [0.2, 0.25) is 0 Å². The van der Waals surface area contributed by atoms with Gasteiger partial charge in [-0.05, 0) is 25.0 Å². The van der Waals surface area contributed by atoms with Crippen LogP contribution < -0.4 is 4.74 Å². The van der Waals surface area contributed by atoms with E-state index < -0.39 is 10.0 Å². The molecule has 124 valence electrons. The second kappa shape index (κ2) is 6.72. The maximum absolute atomic E-state index is 12.6. The van der Waals surface area contributed by atoms with Crippen molar-refractivity contribution in [1.29, 1.82) is 0 Å². The summed E-state index contributed by atoms with van der Waals surface area (Å²) in [6.45, 7) is 2.74. The topological polar surface area (TPSA) is 72.4 Å². The van der Waals surface area contributed by atoms with Crippen molar-refractivity contribution >= 4 is 33.0 Å². The molecule has 2 aromatic heterocycles. The van der Waals surface area contributed by atoms with Crippen molar-refractivity contribution in [3.05, 3.63) is 34.4 Å². The molecule has 3 heterocycles. The minimum atomic E-state index is -3.45. The Labute approximate surface area is 144 Å². The van der Waals surface area contributed by atoms with E-state index in [1.54, 1.807) is 6.07 Å². The van der Waals surface area contributed by atoms with Gasteiger partial charge in [-0.15, -0.1) is 11.3 Å². The van der Waals surface area contributed by atoms with Gasteiger partial charge < -0.3 is 4.74 Å². The first-order chi connectivity index (χ1) is 11.0. The lowest BCUT2D eigenvalue weighted by Gasteiger charge is -2.15. The zero-order valence-corrected chi connectivity index (χ0v) is 14.9. The normalized spacial score (nSPS) is 19.1. The van der Waals surface area contributed by atoms with Crippen LogP contribution in [0.5, 0.6) is 6.01 Å². The fraction of sp³-hybridized carbons (Fsp3) is 0.429. The Kier molecular flexibility index (Phi) is 4.86. The van der Waals surface area contributed by atoms with E-state index in [0.29, 0.717) is 28.7 Å². The Hall–Kier alpha value is -1.22. The summed E-state index contributed by atoms with van der Waals surface area (Å²) in [5.41, 5.74) is 0. The molecule has 1 aliphatic rings. The number of halogens is 1. The molecule has 3 rings (SSSR count). The number of aryl methyl sites for hydroxylation is 1. The first kappa shape index (κ1) is 16.6. The maximum atomic E-state index is 12.6. The average molecular weight is 374 g/mol. The van der Waals surface area contributed by atoms with Crippen molar-refractivity contribution < 1.29 is 13.2 Å². The Morgan fingerprint density at radius 2 is 2.13 bits per heavy atom. The number of ether oxygens (including phenoxy) is 1. The Morgan fingerprint density at radius 1 is 1.39 bits per heavy atom. The Bertz CT molecular complexity index is 777. The highest BCUT2D eigenvalue weighted by atomic mass is 35.5. The van der Waals surface area contributed by atoms with E-state index in [0.717, 1.165) is 11.3 Å². The second-order valence-corrected chi connectivity index (χ2v) is 8.92. The molecular weight excluding hydrogens is 358 g/mol. The minimum Gasteiger partial charge on any atom is -0.459 e. The van der Waals surface area contributed by atoms with Crippen molar-refractivity contribution in [2.75, 3.05) is 13.1 Å². The van der Waals surface area contributed by atoms with Crippen molar-refractivity contribution in [3.8, 4) is 6.01 Å². The van der Waals surface area contributed by atoms with Crippen LogP contribution in [0.25, 0.3) is 0 Å². The molecule has 23 heavy (non-hydrogen) atoms. The zero-order chi connectivity index (χ0) is 16.4. The van der Waals surface area contributed by atoms with Gasteiger partial charge in [0.25, 0.3) is 10.0 Å². The van der Waals surface area contributed by atoms with Crippen molar-refractivity contribution in [2.45, 2.75) is 30.1 Å². The number of nitrogens with zero attached hydrogens (tertiary/aromatic N) is 3. The summed E-state index contributed by atoms with van der Waals surface area (Å²) in [6, 6.07) is 3.75. The molecule has 0 aliphatic carbocycles. The first-order valence-electron chi connectivity index (χ1n) is 7.22. The molecule has 1 aliphatic heterocycles. The van der Waals surface area contributed by atoms with E-state index in [9.17, 15) is 8.42 Å². The third kappa shape index (κ3) is 3.65. The fourth-order valence-electron chi connectivity index (χ4n) is 2.34. The largest absolute Gasteiger partial charge is 0.459 e. The van der Waals surface area contributed by atoms with Crippen LogP contribution >= 0.6 is 22.9 Å². The van der Waals surface area contributed by atoms with E-state index in [-0.39, 0.29) is 12.1 Å². The predicted octanol–water partition coefficient (Wildman–Crippen LogP) is 2.60. The molecule has 1 saturated heterocycles. The number of rotatable bonds is 5. The lowest BCUT2D eigenvalue weighted by Crippen LogP contribution is -2.30. The van der Waals surface area contributed by atoms with Gasteiger partial charge in [-0.3, -0.25) is 0 Å². The number of hydrogen-bond donors (Lipinski definition) is 0. The standard InChI is InChI=1S/C14H16ClN3O3S2/c1-2-12-3-4-13(22-12)23(19,20)18-6-5-11(9-18)21-14-16-7-10(15)8-17-14/h3-4,7-8,11H,2,5-6,9H2,1H3/t11-/m1/s1. The summed E-state index contributed by atoms with van der Waals surface area (Å²) in [6.07, 6.45) is 4.09. The maximum Gasteiger partial charge on any atom is 0.316 e. The molecule has 0 amide bonds. The van der Waals surface area contributed by atoms with Gasteiger partial charge >= 0.3 is 6.01 Å². The van der Waals surface area contributed by atoms with Crippen LogP contribution in [0.1, 0.15) is 18.2 Å². The van der Waals surface area contributed by atoms with Gasteiger partial charge in [0.1, 0.15) is 10.3 Å². The fourth-order valence-corrected chi connectivity index (χ4v) is 5.37. The zero-order valence-electron chi connectivity index (χ0n) is 12.5. The quantitative estimate of drug-likeness (QED) is 0.805. The number of sulfonamides is 1. The van der Waals surface area contributed by atoms with Crippen LogP contribution in [-0.2, 0) is 16.4 Å². The van der Waals surface area contributed by atoms with Gasteiger partial charge in [0.05, 0.1) is 24.0 Å². The van der Waals surface area contributed by atoms with E-state index in [4.69, 9.17) is 16.3 Å². The molecule has 0 N–H and O–H groups in total. The molecule has 0 radical (unpaired) electrons. The van der Waals surface area contributed by atoms with Crippen LogP contribution in [0.15, 0.2) is 28.7 Å². The van der Waals surface area contributed by atoms with E-state index in [2.05, 4.69) is 9.97 Å². The SMILES string of the molecule is CCc1ccc(S(=O)(=O)N2CC[C@@H](Oc3ncc(Cl)cn3)C2)s1. The first-order valence-corrected chi connectivity index (χ1v) is 9.85. The summed E-state index contributed by atoms with van der Waals surface area (Å²) in [7, 11) is -3.45. The van der Waals surface area contributed by atoms with Gasteiger partial charge in [0, 0.05) is 11.4 Å². The van der Waals surface area contributed by atoms with Crippen LogP contribution in [-0.4, -0.2) is 41.9 Å². The number of thiophene rings is 1. The van der Waals surface area contributed by atoms with Gasteiger partial charge in [0.15, 0.2) is 0 Å². The van der Waals surface area contributed by atoms with Crippen molar-refractivity contribution in [3.63, 3.8) is 0 Å². The van der Waals surface area contributed by atoms with E-state index in [1.807, 2.05) is 13.0 Å². The Morgan fingerprint density at radius 3 is 2.78 bits per heavy atom. The lowest BCUT2D eigenvalue weighted by atomic mass is 10.3. The highest BCUT2D eigenvalue weighted by Gasteiger charge is 2.34. The molecule has 1 atom stereocenters. The summed E-state index contributed by atoms with van der Waals surface area (Å²) < 4.78 is 32.8. The molecular formula is C14H16ClN3O3S2. The van der Waals surface area contributed by atoms with Crippen molar-refractivity contribution in [2.24, 2.45) is 0 Å². The summed E-state index contributed by atoms with van der Waals surface area (Å²) >= 11 is 7.05. The number of aromatic nitrogens is 2. The lowest BCUT2D eigenvalue weighted by molar-refractivity contribution is 0.197. The minimum absolute atomic E-state index is 0.211. The van der Waals surface area contributed by atoms with Crippen molar-refractivity contribution in [1.82, 2.24) is 14.3 Å². The van der Waals surface area contributed by atoms with E-state index >= 15 is 0 Å². The number of hydrogen-bond acceptors (Lipinski definition) is 6.